The lowest BCUT2D eigenvalue weighted by atomic mass is 10.0. The highest BCUT2D eigenvalue weighted by atomic mass is 15.1. The van der Waals surface area contributed by atoms with Crippen LogP contribution in [0.4, 0.5) is 0 Å². The Morgan fingerprint density at radius 3 is 2.19 bits per heavy atom. The summed E-state index contributed by atoms with van der Waals surface area (Å²) in [7, 11) is 0. The Labute approximate surface area is 125 Å². The second-order valence-electron chi connectivity index (χ2n) is 5.71. The van der Waals surface area contributed by atoms with E-state index in [-0.39, 0.29) is 0 Å². The molecule has 0 saturated carbocycles. The predicted molar refractivity (Wildman–Crippen MR) is 86.1 cm³/mol. The molecule has 2 heterocycles. The summed E-state index contributed by atoms with van der Waals surface area (Å²) in [6, 6.07) is 21.7. The van der Waals surface area contributed by atoms with E-state index in [1.54, 1.807) is 0 Å². The summed E-state index contributed by atoms with van der Waals surface area (Å²) in [5.74, 6) is 1.22. The zero-order valence-corrected chi connectivity index (χ0v) is 12.2. The number of aryl methyl sites for hydroxylation is 1. The zero-order valence-electron chi connectivity index (χ0n) is 12.2. The van der Waals surface area contributed by atoms with Crippen LogP contribution < -0.4 is 0 Å². The van der Waals surface area contributed by atoms with Crippen LogP contribution in [0.15, 0.2) is 60.7 Å². The Balaban J connectivity index is 1.99. The lowest BCUT2D eigenvalue weighted by Crippen LogP contribution is -2.01. The maximum atomic E-state index is 4.95. The summed E-state index contributed by atoms with van der Waals surface area (Å²) >= 11 is 0. The van der Waals surface area contributed by atoms with Crippen molar-refractivity contribution in [2.75, 3.05) is 0 Å². The van der Waals surface area contributed by atoms with Crippen molar-refractivity contribution in [1.29, 1.82) is 0 Å². The summed E-state index contributed by atoms with van der Waals surface area (Å²) in [4.78, 5) is 4.95. The van der Waals surface area contributed by atoms with Gasteiger partial charge in [-0.1, -0.05) is 60.7 Å². The van der Waals surface area contributed by atoms with Crippen LogP contribution in [0, 0.1) is 0 Å². The molecule has 1 atom stereocenters. The van der Waals surface area contributed by atoms with Gasteiger partial charge in [0, 0.05) is 23.6 Å². The number of aromatic nitrogens is 2. The minimum atomic E-state index is 0.528. The second-order valence-corrected chi connectivity index (χ2v) is 5.71. The van der Waals surface area contributed by atoms with Gasteiger partial charge in [-0.3, -0.25) is 0 Å². The average molecular weight is 274 g/mol. The lowest BCUT2D eigenvalue weighted by molar-refractivity contribution is 0.586. The Morgan fingerprint density at radius 2 is 1.52 bits per heavy atom. The van der Waals surface area contributed by atoms with E-state index in [2.05, 4.69) is 72.2 Å². The molecule has 3 aromatic rings. The molecule has 0 saturated heterocycles. The molecule has 1 aliphatic heterocycles. The van der Waals surface area contributed by atoms with Gasteiger partial charge < -0.3 is 4.57 Å². The molecule has 21 heavy (non-hydrogen) atoms. The first-order valence-corrected chi connectivity index (χ1v) is 7.56. The molecule has 0 N–H and O–H groups in total. The number of fused-ring (bicyclic) bond motifs is 1. The van der Waals surface area contributed by atoms with Crippen LogP contribution in [0.3, 0.4) is 0 Å². The molecular weight excluding hydrogens is 256 g/mol. The van der Waals surface area contributed by atoms with Crippen LogP contribution in [-0.4, -0.2) is 9.55 Å². The molecule has 4 rings (SSSR count). The van der Waals surface area contributed by atoms with Gasteiger partial charge in [-0.15, -0.1) is 0 Å². The molecule has 1 aliphatic rings. The van der Waals surface area contributed by atoms with Gasteiger partial charge in [-0.25, -0.2) is 4.98 Å². The third kappa shape index (κ3) is 1.99. The molecule has 0 aliphatic carbocycles. The molecule has 0 bridgehead atoms. The SMILES string of the molecule is CC1CCc2nc(-c3ccccc3)c(-c3ccccc3)n21. The van der Waals surface area contributed by atoms with Crippen molar-refractivity contribution < 1.29 is 0 Å². The van der Waals surface area contributed by atoms with Crippen molar-refractivity contribution in [3.8, 4) is 22.5 Å². The van der Waals surface area contributed by atoms with Crippen molar-refractivity contribution in [3.63, 3.8) is 0 Å². The van der Waals surface area contributed by atoms with E-state index in [0.717, 1.165) is 12.1 Å². The molecular formula is C19H18N2. The minimum Gasteiger partial charge on any atom is -0.325 e. The first-order valence-electron chi connectivity index (χ1n) is 7.56. The van der Waals surface area contributed by atoms with Gasteiger partial charge in [0.2, 0.25) is 0 Å². The molecule has 0 radical (unpaired) electrons. The topological polar surface area (TPSA) is 17.8 Å². The molecule has 2 aromatic carbocycles. The van der Waals surface area contributed by atoms with Gasteiger partial charge in [0.1, 0.15) is 5.82 Å². The van der Waals surface area contributed by atoms with Crippen molar-refractivity contribution in [1.82, 2.24) is 9.55 Å². The summed E-state index contributed by atoms with van der Waals surface area (Å²) in [6.07, 6.45) is 2.27. The van der Waals surface area contributed by atoms with Crippen molar-refractivity contribution in [2.24, 2.45) is 0 Å². The fourth-order valence-electron chi connectivity index (χ4n) is 3.27. The molecule has 0 fully saturated rings. The Kier molecular flexibility index (Phi) is 2.88. The molecule has 0 amide bonds. The van der Waals surface area contributed by atoms with E-state index >= 15 is 0 Å². The first-order chi connectivity index (χ1) is 10.3. The van der Waals surface area contributed by atoms with E-state index in [4.69, 9.17) is 4.98 Å². The average Bonchev–Trinajstić information content (AvgIpc) is 3.09. The van der Waals surface area contributed by atoms with Crippen molar-refractivity contribution in [2.45, 2.75) is 25.8 Å². The lowest BCUT2D eigenvalue weighted by Gasteiger charge is -2.13. The number of benzene rings is 2. The highest BCUT2D eigenvalue weighted by Crippen LogP contribution is 2.39. The van der Waals surface area contributed by atoms with E-state index in [1.165, 1.54) is 29.1 Å². The van der Waals surface area contributed by atoms with Crippen LogP contribution in [0.1, 0.15) is 25.2 Å². The van der Waals surface area contributed by atoms with Crippen molar-refractivity contribution in [3.05, 3.63) is 66.5 Å². The third-order valence-corrected chi connectivity index (χ3v) is 4.31. The Hall–Kier alpha value is -2.35. The first kappa shape index (κ1) is 12.4. The maximum Gasteiger partial charge on any atom is 0.110 e. The van der Waals surface area contributed by atoms with Crippen molar-refractivity contribution >= 4 is 0 Å². The van der Waals surface area contributed by atoms with Crippen LogP contribution in [0.5, 0.6) is 0 Å². The number of rotatable bonds is 2. The normalized spacial score (nSPS) is 16.9. The third-order valence-electron chi connectivity index (χ3n) is 4.31. The van der Waals surface area contributed by atoms with Gasteiger partial charge in [0.15, 0.2) is 0 Å². The Morgan fingerprint density at radius 1 is 0.905 bits per heavy atom. The number of nitrogens with zero attached hydrogens (tertiary/aromatic N) is 2. The van der Waals surface area contributed by atoms with Gasteiger partial charge >= 0.3 is 0 Å². The molecule has 1 aromatic heterocycles. The van der Waals surface area contributed by atoms with Crippen LogP contribution in [0.25, 0.3) is 22.5 Å². The standard InChI is InChI=1S/C19H18N2/c1-14-12-13-17-20-18(15-8-4-2-5-9-15)19(21(14)17)16-10-6-3-7-11-16/h2-11,14H,12-13H2,1H3. The van der Waals surface area contributed by atoms with Crippen LogP contribution in [0.2, 0.25) is 0 Å². The van der Waals surface area contributed by atoms with Crippen LogP contribution in [-0.2, 0) is 6.42 Å². The number of hydrogen-bond donors (Lipinski definition) is 0. The van der Waals surface area contributed by atoms with Crippen LogP contribution >= 0.6 is 0 Å². The molecule has 2 heteroatoms. The molecule has 104 valence electrons. The Bertz CT molecular complexity index is 757. The van der Waals surface area contributed by atoms with Gasteiger partial charge in [0.25, 0.3) is 0 Å². The van der Waals surface area contributed by atoms with E-state index in [9.17, 15) is 0 Å². The summed E-state index contributed by atoms with van der Waals surface area (Å²) in [5.41, 5.74) is 4.83. The highest BCUT2D eigenvalue weighted by molar-refractivity contribution is 5.79. The predicted octanol–water partition coefficient (Wildman–Crippen LogP) is 4.72. The summed E-state index contributed by atoms with van der Waals surface area (Å²) < 4.78 is 2.43. The van der Waals surface area contributed by atoms with Gasteiger partial charge in [-0.2, -0.15) is 0 Å². The monoisotopic (exact) mass is 274 g/mol. The molecule has 2 nitrogen and oxygen atoms in total. The largest absolute Gasteiger partial charge is 0.325 e. The van der Waals surface area contributed by atoms with E-state index in [0.29, 0.717) is 6.04 Å². The highest BCUT2D eigenvalue weighted by Gasteiger charge is 2.27. The number of imidazole rings is 1. The fourth-order valence-corrected chi connectivity index (χ4v) is 3.27. The summed E-state index contributed by atoms with van der Waals surface area (Å²) in [5, 5.41) is 0. The van der Waals surface area contributed by atoms with E-state index in [1.807, 2.05) is 0 Å². The minimum absolute atomic E-state index is 0.528. The van der Waals surface area contributed by atoms with E-state index < -0.39 is 0 Å². The second kappa shape index (κ2) is 4.88. The zero-order chi connectivity index (χ0) is 14.2. The smallest absolute Gasteiger partial charge is 0.110 e. The summed E-state index contributed by atoms with van der Waals surface area (Å²) in [6.45, 7) is 2.29. The maximum absolute atomic E-state index is 4.95. The fraction of sp³-hybridized carbons (Fsp3) is 0.211. The molecule has 0 spiro atoms. The van der Waals surface area contributed by atoms with Gasteiger partial charge in [0.05, 0.1) is 11.4 Å². The van der Waals surface area contributed by atoms with Gasteiger partial charge in [-0.05, 0) is 13.3 Å². The quantitative estimate of drug-likeness (QED) is 0.661. The molecule has 1 unspecified atom stereocenters. The number of hydrogen-bond acceptors (Lipinski definition) is 1.